The Balaban J connectivity index is 1.05. The van der Waals surface area contributed by atoms with Crippen LogP contribution in [0.3, 0.4) is 0 Å². The molecule has 0 radical (unpaired) electrons. The van der Waals surface area contributed by atoms with Gasteiger partial charge in [0.25, 0.3) is 5.91 Å². The lowest BCUT2D eigenvalue weighted by Crippen LogP contribution is -2.61. The molecule has 14 nitrogen and oxygen atoms in total. The van der Waals surface area contributed by atoms with Crippen LogP contribution in [0.5, 0.6) is 5.75 Å². The number of anilines is 4. The zero-order valence-corrected chi connectivity index (χ0v) is 34.8. The summed E-state index contributed by atoms with van der Waals surface area (Å²) in [5.74, 6) is -4.01. The number of carbonyl (C=O) groups excluding carboxylic acids is 4. The fraction of sp³-hybridized carbons (Fsp3) is 0.439. The van der Waals surface area contributed by atoms with Gasteiger partial charge in [0.1, 0.15) is 30.0 Å². The fourth-order valence-electron chi connectivity index (χ4n) is 7.68. The minimum Gasteiger partial charge on any atom is -0.492 e. The number of hydrogen-bond donors (Lipinski definition) is 3. The maximum absolute atomic E-state index is 14.8. The van der Waals surface area contributed by atoms with Crippen LogP contribution < -0.4 is 30.5 Å². The lowest BCUT2D eigenvalue weighted by Gasteiger charge is -2.46. The zero-order chi connectivity index (χ0) is 44.6. The molecule has 324 valence electrons. The van der Waals surface area contributed by atoms with Gasteiger partial charge in [0.2, 0.25) is 17.7 Å². The number of piperazine rings is 1. The van der Waals surface area contributed by atoms with E-state index >= 15 is 0 Å². The molecule has 61 heavy (non-hydrogen) atoms. The molecule has 20 heteroatoms. The maximum atomic E-state index is 14.8. The molecule has 3 N–H and O–H groups in total. The quantitative estimate of drug-likeness (QED) is 0.122. The third-order valence-corrected chi connectivity index (χ3v) is 11.3. The molecule has 6 rings (SSSR count). The number of aryl methyl sites for hydroxylation is 1. The van der Waals surface area contributed by atoms with Crippen LogP contribution in [0.2, 0.25) is 0 Å². The summed E-state index contributed by atoms with van der Waals surface area (Å²) in [6, 6.07) is 8.66. The molecule has 0 spiro atoms. The smallest absolute Gasteiger partial charge is 0.419 e. The van der Waals surface area contributed by atoms with Gasteiger partial charge in [-0.25, -0.2) is 13.8 Å². The average molecular weight is 870 g/mol. The summed E-state index contributed by atoms with van der Waals surface area (Å²) < 4.78 is 76.8. The van der Waals surface area contributed by atoms with E-state index in [4.69, 9.17) is 17.0 Å². The minimum atomic E-state index is -4.88. The van der Waals surface area contributed by atoms with E-state index in [2.05, 4.69) is 25.8 Å². The highest BCUT2D eigenvalue weighted by Crippen LogP contribution is 2.40. The second-order valence-corrected chi connectivity index (χ2v) is 16.4. The Kier molecular flexibility index (Phi) is 12.7. The number of thiocarbonyl (C=S) groups is 1. The summed E-state index contributed by atoms with van der Waals surface area (Å²) in [5, 5.41) is 16.6. The molecule has 1 aromatic heterocycles. The lowest BCUT2D eigenvalue weighted by molar-refractivity contribution is -0.138. The van der Waals surface area contributed by atoms with Crippen LogP contribution in [-0.4, -0.2) is 100.0 Å². The van der Waals surface area contributed by atoms with Crippen LogP contribution in [0.15, 0.2) is 42.6 Å². The number of hydrogen-bond acceptors (Lipinski definition) is 11. The minimum absolute atomic E-state index is 0.0563. The molecule has 4 heterocycles. The van der Waals surface area contributed by atoms with Gasteiger partial charge in [0.15, 0.2) is 22.4 Å². The largest absolute Gasteiger partial charge is 0.492 e. The molecule has 0 aliphatic carbocycles. The molecule has 3 saturated heterocycles. The van der Waals surface area contributed by atoms with Crippen molar-refractivity contribution in [3.8, 4) is 11.8 Å². The average Bonchev–Trinajstić information content (AvgIpc) is 3.36. The highest BCUT2D eigenvalue weighted by molar-refractivity contribution is 7.81. The van der Waals surface area contributed by atoms with Crippen molar-refractivity contribution in [2.24, 2.45) is 0 Å². The molecule has 3 aliphatic rings. The number of aromatic nitrogens is 1. The van der Waals surface area contributed by atoms with Crippen molar-refractivity contribution in [2.45, 2.75) is 77.2 Å². The summed E-state index contributed by atoms with van der Waals surface area (Å²) in [6.07, 6.45) is -3.06. The van der Waals surface area contributed by atoms with Crippen LogP contribution in [0.1, 0.15) is 64.3 Å². The van der Waals surface area contributed by atoms with Gasteiger partial charge >= 0.3 is 6.18 Å². The predicted molar refractivity (Wildman–Crippen MR) is 219 cm³/mol. The van der Waals surface area contributed by atoms with Gasteiger partial charge in [-0.2, -0.15) is 18.4 Å². The zero-order valence-electron chi connectivity index (χ0n) is 34.0. The Morgan fingerprint density at radius 2 is 1.82 bits per heavy atom. The molecule has 4 amide bonds. The summed E-state index contributed by atoms with van der Waals surface area (Å²) in [6.45, 7) is 11.5. The van der Waals surface area contributed by atoms with Crippen LogP contribution in [0.4, 0.5) is 44.7 Å². The maximum Gasteiger partial charge on any atom is 0.419 e. The number of nitrogens with one attached hydrogen (secondary N) is 3. The predicted octanol–water partition coefficient (Wildman–Crippen LogP) is 5.36. The van der Waals surface area contributed by atoms with Gasteiger partial charge in [-0.05, 0) is 88.6 Å². The molecular formula is C41H44F5N9O5S. The number of imide groups is 1. The Hall–Kier alpha value is -5.78. The van der Waals surface area contributed by atoms with Gasteiger partial charge in [0, 0.05) is 55.6 Å². The molecule has 3 fully saturated rings. The monoisotopic (exact) mass is 869 g/mol. The molecule has 1 atom stereocenters. The fourth-order valence-corrected chi connectivity index (χ4v) is 8.20. The van der Waals surface area contributed by atoms with E-state index in [1.165, 1.54) is 12.1 Å². The summed E-state index contributed by atoms with van der Waals surface area (Å²) in [5.41, 5.74) is -3.10. The first kappa shape index (κ1) is 44.8. The third kappa shape index (κ3) is 9.43. The van der Waals surface area contributed by atoms with Crippen molar-refractivity contribution in [1.82, 2.24) is 20.1 Å². The Bertz CT molecular complexity index is 2320. The van der Waals surface area contributed by atoms with Crippen molar-refractivity contribution in [2.75, 3.05) is 59.8 Å². The Morgan fingerprint density at radius 3 is 2.48 bits per heavy atom. The van der Waals surface area contributed by atoms with Gasteiger partial charge in [-0.15, -0.1) is 0 Å². The highest BCUT2D eigenvalue weighted by Gasteiger charge is 2.51. The highest BCUT2D eigenvalue weighted by atomic mass is 32.1. The van der Waals surface area contributed by atoms with Crippen molar-refractivity contribution in [1.29, 1.82) is 5.26 Å². The first-order valence-corrected chi connectivity index (χ1v) is 19.8. The Morgan fingerprint density at radius 1 is 1.08 bits per heavy atom. The van der Waals surface area contributed by atoms with Crippen LogP contribution in [0.25, 0.3) is 0 Å². The molecule has 0 saturated carbocycles. The van der Waals surface area contributed by atoms with E-state index < -0.39 is 75.5 Å². The van der Waals surface area contributed by atoms with E-state index in [-0.39, 0.29) is 35.9 Å². The molecule has 1 unspecified atom stereocenters. The number of ether oxygens (including phenoxy) is 1. The second-order valence-electron chi connectivity index (χ2n) is 16.0. The van der Waals surface area contributed by atoms with Crippen molar-refractivity contribution in [3.05, 3.63) is 71.1 Å². The van der Waals surface area contributed by atoms with E-state index in [1.54, 1.807) is 30.9 Å². The summed E-state index contributed by atoms with van der Waals surface area (Å²) >= 11 is 5.67. The number of nitrogens with zero attached hydrogens (tertiary/aromatic N) is 6. The molecule has 3 aliphatic heterocycles. The number of halogens is 5. The molecule has 2 aromatic carbocycles. The van der Waals surface area contributed by atoms with E-state index in [0.717, 1.165) is 22.7 Å². The molecular weight excluding hydrogens is 826 g/mol. The van der Waals surface area contributed by atoms with Gasteiger partial charge in [-0.1, -0.05) is 6.92 Å². The number of benzene rings is 2. The standard InChI is InChI=1S/C41H44F5N9O5S/c1-6-23-15-25(55-38(61)54(37(59)40(55,4)5)26-18-27(41(44,45)46)31(19-47)48-20-26)7-9-32(23)60-14-13-52-11-12-53(39(2,3)22-52)21-34(57)50-30-17-24(16-28(42)35(30)43)49-29-8-10-33(56)51-36(29)58/h7,9,15-18,20,29,49H,6,8,10-14,21-22H2,1-5H3,(H,50,57)(H,51,56,58). The number of pyridine rings is 1. The third-order valence-electron chi connectivity index (χ3n) is 10.9. The first-order chi connectivity index (χ1) is 28.6. The van der Waals surface area contributed by atoms with E-state index in [9.17, 15) is 46.4 Å². The number of amides is 4. The number of carbonyl (C=O) groups is 4. The van der Waals surface area contributed by atoms with E-state index in [1.807, 2.05) is 31.7 Å². The van der Waals surface area contributed by atoms with Gasteiger partial charge in [0.05, 0.1) is 29.7 Å². The SMILES string of the molecule is CCc1cc(N2C(=S)N(c3cnc(C#N)c(C(F)(F)F)c3)C(=O)C2(C)C)ccc1OCCN1CCN(CC(=O)Nc2cc(NC3CCC(=O)NC3=O)cc(F)c2F)C(C)(C)C1. The number of nitriles is 1. The molecule has 3 aromatic rings. The van der Waals surface area contributed by atoms with Crippen LogP contribution in [0, 0.1) is 23.0 Å². The number of rotatable bonds is 12. The lowest BCUT2D eigenvalue weighted by atomic mass is 9.98. The van der Waals surface area contributed by atoms with Gasteiger partial charge in [-0.3, -0.25) is 39.2 Å². The topological polar surface area (TPSA) is 163 Å². The Labute approximate surface area is 354 Å². The number of alkyl halides is 3. The molecule has 0 bridgehead atoms. The van der Waals surface area contributed by atoms with Crippen molar-refractivity contribution >= 4 is 63.7 Å². The number of piperidine rings is 1. The van der Waals surface area contributed by atoms with Crippen LogP contribution in [-0.2, 0) is 31.8 Å². The van der Waals surface area contributed by atoms with E-state index in [0.29, 0.717) is 56.7 Å². The normalized spacial score (nSPS) is 19.5. The second kappa shape index (κ2) is 17.3. The summed E-state index contributed by atoms with van der Waals surface area (Å²) in [4.78, 5) is 60.8. The van der Waals surface area contributed by atoms with Gasteiger partial charge < -0.3 is 20.3 Å². The van der Waals surface area contributed by atoms with Crippen LogP contribution >= 0.6 is 12.2 Å². The first-order valence-electron chi connectivity index (χ1n) is 19.4. The summed E-state index contributed by atoms with van der Waals surface area (Å²) in [7, 11) is 0. The van der Waals surface area contributed by atoms with Crippen molar-refractivity contribution < 1.29 is 45.9 Å². The van der Waals surface area contributed by atoms with Crippen molar-refractivity contribution in [3.63, 3.8) is 0 Å².